The molecule has 0 aromatic carbocycles. The highest BCUT2D eigenvalue weighted by atomic mass is 16.3. The molecule has 9 heavy (non-hydrogen) atoms. The van der Waals surface area contributed by atoms with Crippen molar-refractivity contribution < 1.29 is 5.11 Å². The zero-order chi connectivity index (χ0) is 6.53. The van der Waals surface area contributed by atoms with Crippen LogP contribution in [0, 0.1) is 0 Å². The van der Waals surface area contributed by atoms with Crippen LogP contribution in [0.4, 0.5) is 0 Å². The molecule has 48 valence electrons. The van der Waals surface area contributed by atoms with E-state index < -0.39 is 0 Å². The standard InChI is InChI=1S/C6H8N2O/c9-6-8-5-3-1-2-4-7-8/h1-5,9H,6H2. The minimum atomic E-state index is -0.0747. The van der Waals surface area contributed by atoms with Gasteiger partial charge < -0.3 is 5.11 Å². The molecule has 3 nitrogen and oxygen atoms in total. The van der Waals surface area contributed by atoms with Gasteiger partial charge >= 0.3 is 0 Å². The fourth-order valence-electron chi connectivity index (χ4n) is 0.509. The number of allylic oxidation sites excluding steroid dienone is 3. The van der Waals surface area contributed by atoms with E-state index >= 15 is 0 Å². The summed E-state index contributed by atoms with van der Waals surface area (Å²) in [5, 5.41) is 13.8. The predicted molar refractivity (Wildman–Crippen MR) is 35.7 cm³/mol. The van der Waals surface area contributed by atoms with Gasteiger partial charge in [-0.25, -0.2) is 5.01 Å². The third kappa shape index (κ3) is 1.70. The first kappa shape index (κ1) is 6.04. The van der Waals surface area contributed by atoms with Gasteiger partial charge in [-0.1, -0.05) is 6.08 Å². The van der Waals surface area contributed by atoms with Crippen LogP contribution in [0.2, 0.25) is 0 Å². The molecular weight excluding hydrogens is 116 g/mol. The van der Waals surface area contributed by atoms with E-state index in [0.29, 0.717) is 0 Å². The van der Waals surface area contributed by atoms with Gasteiger partial charge in [-0.15, -0.1) is 0 Å². The van der Waals surface area contributed by atoms with Crippen molar-refractivity contribution in [3.8, 4) is 0 Å². The molecule has 0 saturated heterocycles. The van der Waals surface area contributed by atoms with Crippen LogP contribution in [0.3, 0.4) is 0 Å². The Hall–Kier alpha value is -1.09. The van der Waals surface area contributed by atoms with Crippen molar-refractivity contribution in [3.05, 3.63) is 24.4 Å². The quantitative estimate of drug-likeness (QED) is 0.546. The van der Waals surface area contributed by atoms with E-state index in [9.17, 15) is 0 Å². The van der Waals surface area contributed by atoms with Gasteiger partial charge in [0.25, 0.3) is 0 Å². The molecule has 1 aliphatic heterocycles. The van der Waals surface area contributed by atoms with Gasteiger partial charge in [-0.2, -0.15) is 5.10 Å². The highest BCUT2D eigenvalue weighted by Gasteiger charge is 1.88. The Morgan fingerprint density at radius 2 is 2.22 bits per heavy atom. The average Bonchev–Trinajstić information content (AvgIpc) is 2.13. The normalized spacial score (nSPS) is 16.3. The molecule has 0 aromatic heterocycles. The number of hydrazone groups is 1. The Morgan fingerprint density at radius 3 is 3.00 bits per heavy atom. The summed E-state index contributed by atoms with van der Waals surface area (Å²) in [6.45, 7) is -0.0747. The van der Waals surface area contributed by atoms with E-state index in [-0.39, 0.29) is 6.73 Å². The Kier molecular flexibility index (Phi) is 2.04. The summed E-state index contributed by atoms with van der Waals surface area (Å²) in [6, 6.07) is 0. The Balaban J connectivity index is 2.58. The molecule has 0 bridgehead atoms. The molecule has 0 atom stereocenters. The second-order valence-electron chi connectivity index (χ2n) is 1.57. The summed E-state index contributed by atoms with van der Waals surface area (Å²) in [5.74, 6) is 0. The van der Waals surface area contributed by atoms with Crippen LogP contribution < -0.4 is 0 Å². The molecular formula is C6H8N2O. The maximum absolute atomic E-state index is 8.55. The molecule has 0 spiro atoms. The largest absolute Gasteiger partial charge is 0.374 e. The van der Waals surface area contributed by atoms with Crippen LogP contribution in [0.5, 0.6) is 0 Å². The van der Waals surface area contributed by atoms with Gasteiger partial charge in [0.1, 0.15) is 6.73 Å². The number of nitrogens with zero attached hydrogens (tertiary/aromatic N) is 2. The summed E-state index contributed by atoms with van der Waals surface area (Å²) in [7, 11) is 0. The lowest BCUT2D eigenvalue weighted by atomic mass is 10.5. The van der Waals surface area contributed by atoms with Gasteiger partial charge in [0, 0.05) is 12.4 Å². The van der Waals surface area contributed by atoms with E-state index in [1.807, 2.05) is 12.2 Å². The van der Waals surface area contributed by atoms with Gasteiger partial charge in [0.15, 0.2) is 0 Å². The van der Waals surface area contributed by atoms with Crippen LogP contribution in [0.1, 0.15) is 0 Å². The van der Waals surface area contributed by atoms with Crippen molar-refractivity contribution in [2.45, 2.75) is 0 Å². The summed E-state index contributed by atoms with van der Waals surface area (Å²) in [6.07, 6.45) is 8.77. The van der Waals surface area contributed by atoms with Crippen molar-refractivity contribution in [1.82, 2.24) is 5.01 Å². The Morgan fingerprint density at radius 1 is 1.33 bits per heavy atom. The number of hydrogen-bond donors (Lipinski definition) is 1. The SMILES string of the molecule is OCN1C=CC=CC=N1. The number of rotatable bonds is 1. The third-order valence-corrected chi connectivity index (χ3v) is 0.926. The molecule has 0 amide bonds. The van der Waals surface area contributed by atoms with E-state index in [1.54, 1.807) is 18.5 Å². The van der Waals surface area contributed by atoms with Crippen molar-refractivity contribution in [2.75, 3.05) is 6.73 Å². The molecule has 1 rings (SSSR count). The molecule has 0 fully saturated rings. The lowest BCUT2D eigenvalue weighted by Gasteiger charge is -2.06. The third-order valence-electron chi connectivity index (χ3n) is 0.926. The molecule has 0 aliphatic carbocycles. The molecule has 1 heterocycles. The maximum atomic E-state index is 8.55. The van der Waals surface area contributed by atoms with E-state index in [2.05, 4.69) is 5.10 Å². The summed E-state index contributed by atoms with van der Waals surface area (Å²) >= 11 is 0. The Bertz CT molecular complexity index is 144. The number of aliphatic hydroxyl groups is 1. The average molecular weight is 124 g/mol. The minimum absolute atomic E-state index is 0.0747. The molecule has 1 aliphatic rings. The molecule has 0 saturated carbocycles. The van der Waals surface area contributed by atoms with E-state index in [4.69, 9.17) is 5.11 Å². The van der Waals surface area contributed by atoms with Gasteiger partial charge in [-0.3, -0.25) is 0 Å². The molecule has 0 radical (unpaired) electrons. The number of aliphatic hydroxyl groups excluding tert-OH is 1. The second-order valence-corrected chi connectivity index (χ2v) is 1.57. The lowest BCUT2D eigenvalue weighted by Crippen LogP contribution is -2.09. The zero-order valence-electron chi connectivity index (χ0n) is 4.94. The minimum Gasteiger partial charge on any atom is -0.374 e. The molecule has 1 N–H and O–H groups in total. The summed E-state index contributed by atoms with van der Waals surface area (Å²) in [4.78, 5) is 0. The smallest absolute Gasteiger partial charge is 0.136 e. The monoisotopic (exact) mass is 124 g/mol. The summed E-state index contributed by atoms with van der Waals surface area (Å²) in [5.41, 5.74) is 0. The van der Waals surface area contributed by atoms with Crippen molar-refractivity contribution >= 4 is 6.21 Å². The highest BCUT2D eigenvalue weighted by Crippen LogP contribution is 1.91. The highest BCUT2D eigenvalue weighted by molar-refractivity contribution is 5.71. The van der Waals surface area contributed by atoms with Crippen LogP contribution in [0.25, 0.3) is 0 Å². The number of hydrogen-bond acceptors (Lipinski definition) is 3. The van der Waals surface area contributed by atoms with Crippen molar-refractivity contribution in [2.24, 2.45) is 5.10 Å². The maximum Gasteiger partial charge on any atom is 0.136 e. The van der Waals surface area contributed by atoms with Crippen molar-refractivity contribution in [1.29, 1.82) is 0 Å². The van der Waals surface area contributed by atoms with Crippen LogP contribution in [-0.2, 0) is 0 Å². The topological polar surface area (TPSA) is 35.8 Å². The van der Waals surface area contributed by atoms with E-state index in [0.717, 1.165) is 0 Å². The summed E-state index contributed by atoms with van der Waals surface area (Å²) < 4.78 is 0. The van der Waals surface area contributed by atoms with Crippen LogP contribution >= 0.6 is 0 Å². The molecule has 3 heteroatoms. The van der Waals surface area contributed by atoms with Crippen LogP contribution in [0.15, 0.2) is 29.5 Å². The molecule has 0 unspecified atom stereocenters. The fourth-order valence-corrected chi connectivity index (χ4v) is 0.509. The predicted octanol–water partition coefficient (Wildman–Crippen LogP) is 0.308. The second kappa shape index (κ2) is 3.04. The van der Waals surface area contributed by atoms with E-state index in [1.165, 1.54) is 5.01 Å². The van der Waals surface area contributed by atoms with Gasteiger partial charge in [0.05, 0.1) is 0 Å². The lowest BCUT2D eigenvalue weighted by molar-refractivity contribution is 0.156. The van der Waals surface area contributed by atoms with Gasteiger partial charge in [0.2, 0.25) is 0 Å². The Labute approximate surface area is 53.6 Å². The van der Waals surface area contributed by atoms with Crippen LogP contribution in [-0.4, -0.2) is 23.1 Å². The first-order chi connectivity index (χ1) is 4.43. The first-order valence-electron chi connectivity index (χ1n) is 2.68. The first-order valence-corrected chi connectivity index (χ1v) is 2.68. The fraction of sp³-hybridized carbons (Fsp3) is 0.167. The van der Waals surface area contributed by atoms with Gasteiger partial charge in [-0.05, 0) is 12.2 Å². The molecule has 0 aromatic rings. The zero-order valence-corrected chi connectivity index (χ0v) is 4.94. The van der Waals surface area contributed by atoms with Crippen molar-refractivity contribution in [3.63, 3.8) is 0 Å².